The largest absolute Gasteiger partial charge is 0.474 e. The summed E-state index contributed by atoms with van der Waals surface area (Å²) < 4.78 is 5.61. The summed E-state index contributed by atoms with van der Waals surface area (Å²) in [6.07, 6.45) is 6.34. The first-order valence-electron chi connectivity index (χ1n) is 4.82. The maximum absolute atomic E-state index is 10.7. The number of ether oxygens (including phenoxy) is 1. The van der Waals surface area contributed by atoms with Crippen LogP contribution in [0.4, 0.5) is 0 Å². The lowest BCUT2D eigenvalue weighted by atomic mass is 10.2. The Kier molecular flexibility index (Phi) is 1.71. The first kappa shape index (κ1) is 8.40. The van der Waals surface area contributed by atoms with Gasteiger partial charge in [0.2, 0.25) is 5.88 Å². The quantitative estimate of drug-likeness (QED) is 0.763. The number of fused-ring (bicyclic) bond motifs is 1. The molecule has 76 valence electrons. The third kappa shape index (κ3) is 1.36. The number of hydrogen-bond donors (Lipinski definition) is 1. The van der Waals surface area contributed by atoms with Crippen LogP contribution in [-0.4, -0.2) is 27.6 Å². The van der Waals surface area contributed by atoms with Crippen LogP contribution in [-0.2, 0) is 0 Å². The number of carbonyl (C=O) groups excluding carboxylic acids is 1. The Bertz CT molecular complexity index is 516. The zero-order valence-corrected chi connectivity index (χ0v) is 7.93. The van der Waals surface area contributed by atoms with Crippen LogP contribution in [0.1, 0.15) is 23.2 Å². The average molecular weight is 203 g/mol. The zero-order valence-electron chi connectivity index (χ0n) is 7.93. The van der Waals surface area contributed by atoms with E-state index >= 15 is 0 Å². The van der Waals surface area contributed by atoms with E-state index in [0.29, 0.717) is 17.0 Å². The summed E-state index contributed by atoms with van der Waals surface area (Å²) in [5.74, 6) is 0.562. The van der Waals surface area contributed by atoms with E-state index in [1.54, 1.807) is 6.20 Å². The van der Waals surface area contributed by atoms with Gasteiger partial charge in [-0.3, -0.25) is 9.89 Å². The number of aromatic nitrogens is 3. The van der Waals surface area contributed by atoms with E-state index in [-0.39, 0.29) is 6.10 Å². The van der Waals surface area contributed by atoms with Crippen LogP contribution in [0.15, 0.2) is 12.4 Å². The minimum atomic E-state index is 0.290. The molecule has 5 nitrogen and oxygen atoms in total. The fraction of sp³-hybridized carbons (Fsp3) is 0.300. The predicted molar refractivity (Wildman–Crippen MR) is 52.9 cm³/mol. The smallest absolute Gasteiger partial charge is 0.224 e. The molecule has 1 fully saturated rings. The lowest BCUT2D eigenvalue weighted by molar-refractivity contribution is 0.112. The average Bonchev–Trinajstić information content (AvgIpc) is 2.93. The number of nitrogens with one attached hydrogen (secondary N) is 1. The number of rotatable bonds is 3. The Hall–Kier alpha value is -1.91. The lowest BCUT2D eigenvalue weighted by Crippen LogP contribution is -1.99. The molecule has 1 aliphatic rings. The van der Waals surface area contributed by atoms with E-state index in [9.17, 15) is 4.79 Å². The number of aromatic amines is 1. The van der Waals surface area contributed by atoms with Gasteiger partial charge in [0.1, 0.15) is 6.10 Å². The molecule has 15 heavy (non-hydrogen) atoms. The van der Waals surface area contributed by atoms with Gasteiger partial charge in [-0.05, 0) is 12.8 Å². The van der Waals surface area contributed by atoms with Crippen molar-refractivity contribution in [1.29, 1.82) is 0 Å². The topological polar surface area (TPSA) is 67.9 Å². The van der Waals surface area contributed by atoms with Crippen molar-refractivity contribution < 1.29 is 9.53 Å². The van der Waals surface area contributed by atoms with E-state index in [4.69, 9.17) is 4.74 Å². The fourth-order valence-corrected chi connectivity index (χ4v) is 1.46. The van der Waals surface area contributed by atoms with Crippen molar-refractivity contribution >= 4 is 17.2 Å². The van der Waals surface area contributed by atoms with E-state index in [1.807, 2.05) is 0 Å². The molecule has 0 aliphatic heterocycles. The molecule has 0 radical (unpaired) electrons. The maximum Gasteiger partial charge on any atom is 0.224 e. The number of aldehydes is 1. The van der Waals surface area contributed by atoms with Crippen molar-refractivity contribution in [3.8, 4) is 5.88 Å². The standard InChI is InChI=1S/C10H9N3O2/c14-5-6-3-11-10(15-7-1-2-7)8-4-12-13-9(6)8/h3-5,7H,1-2H2,(H,12,13). The molecular formula is C10H9N3O2. The minimum Gasteiger partial charge on any atom is -0.474 e. The Balaban J connectivity index is 2.13. The molecule has 0 amide bonds. The number of H-pyrrole nitrogens is 1. The first-order chi connectivity index (χ1) is 7.38. The lowest BCUT2D eigenvalue weighted by Gasteiger charge is -2.04. The van der Waals surface area contributed by atoms with Gasteiger partial charge in [0, 0.05) is 6.20 Å². The summed E-state index contributed by atoms with van der Waals surface area (Å²) in [7, 11) is 0. The highest BCUT2D eigenvalue weighted by atomic mass is 16.5. The molecule has 5 heteroatoms. The number of pyridine rings is 1. The maximum atomic E-state index is 10.7. The molecule has 2 aromatic heterocycles. The van der Waals surface area contributed by atoms with Crippen LogP contribution in [0, 0.1) is 0 Å². The molecule has 2 heterocycles. The summed E-state index contributed by atoms with van der Waals surface area (Å²) in [4.78, 5) is 14.9. The summed E-state index contributed by atoms with van der Waals surface area (Å²) >= 11 is 0. The molecule has 0 unspecified atom stereocenters. The Morgan fingerprint density at radius 1 is 1.47 bits per heavy atom. The third-order valence-electron chi connectivity index (χ3n) is 2.41. The van der Waals surface area contributed by atoms with Gasteiger partial charge in [-0.15, -0.1) is 0 Å². The molecule has 1 aliphatic carbocycles. The Labute approximate surface area is 85.5 Å². The second kappa shape index (κ2) is 3.05. The second-order valence-corrected chi connectivity index (χ2v) is 3.61. The molecule has 0 saturated heterocycles. The molecule has 0 atom stereocenters. The SMILES string of the molecule is O=Cc1cnc(OC2CC2)c2cn[nH]c12. The molecule has 1 N–H and O–H groups in total. The molecule has 2 aromatic rings. The van der Waals surface area contributed by atoms with Crippen molar-refractivity contribution in [2.45, 2.75) is 18.9 Å². The zero-order chi connectivity index (χ0) is 10.3. The minimum absolute atomic E-state index is 0.290. The van der Waals surface area contributed by atoms with Crippen LogP contribution in [0.3, 0.4) is 0 Å². The highest BCUT2D eigenvalue weighted by Crippen LogP contribution is 2.30. The monoisotopic (exact) mass is 203 g/mol. The normalized spacial score (nSPS) is 15.5. The van der Waals surface area contributed by atoms with Crippen LogP contribution in [0.25, 0.3) is 10.9 Å². The van der Waals surface area contributed by atoms with E-state index in [0.717, 1.165) is 24.5 Å². The van der Waals surface area contributed by atoms with Crippen LogP contribution in [0.2, 0.25) is 0 Å². The summed E-state index contributed by atoms with van der Waals surface area (Å²) in [5, 5.41) is 7.44. The van der Waals surface area contributed by atoms with Gasteiger partial charge in [-0.25, -0.2) is 4.98 Å². The number of nitrogens with zero attached hydrogens (tertiary/aromatic N) is 2. The van der Waals surface area contributed by atoms with E-state index in [1.165, 1.54) is 6.20 Å². The molecule has 0 spiro atoms. The van der Waals surface area contributed by atoms with Crippen molar-refractivity contribution in [1.82, 2.24) is 15.2 Å². The van der Waals surface area contributed by atoms with Crippen molar-refractivity contribution in [2.24, 2.45) is 0 Å². The van der Waals surface area contributed by atoms with Crippen molar-refractivity contribution in [3.63, 3.8) is 0 Å². The highest BCUT2D eigenvalue weighted by molar-refractivity contribution is 5.96. The van der Waals surface area contributed by atoms with Gasteiger partial charge < -0.3 is 4.74 Å². The highest BCUT2D eigenvalue weighted by Gasteiger charge is 2.25. The van der Waals surface area contributed by atoms with Crippen LogP contribution >= 0.6 is 0 Å². The van der Waals surface area contributed by atoms with Crippen LogP contribution in [0.5, 0.6) is 5.88 Å². The molecule has 1 saturated carbocycles. The number of hydrogen-bond acceptors (Lipinski definition) is 4. The Morgan fingerprint density at radius 3 is 3.07 bits per heavy atom. The van der Waals surface area contributed by atoms with Gasteiger partial charge >= 0.3 is 0 Å². The molecule has 0 aromatic carbocycles. The molecule has 3 rings (SSSR count). The van der Waals surface area contributed by atoms with Crippen molar-refractivity contribution in [3.05, 3.63) is 18.0 Å². The molecule has 0 bridgehead atoms. The van der Waals surface area contributed by atoms with Crippen molar-refractivity contribution in [2.75, 3.05) is 0 Å². The van der Waals surface area contributed by atoms with Gasteiger partial charge in [-0.1, -0.05) is 0 Å². The first-order valence-corrected chi connectivity index (χ1v) is 4.82. The third-order valence-corrected chi connectivity index (χ3v) is 2.41. The van der Waals surface area contributed by atoms with Gasteiger partial charge in [0.25, 0.3) is 0 Å². The van der Waals surface area contributed by atoms with Gasteiger partial charge in [0.15, 0.2) is 6.29 Å². The van der Waals surface area contributed by atoms with E-state index < -0.39 is 0 Å². The summed E-state index contributed by atoms with van der Waals surface area (Å²) in [5.41, 5.74) is 1.20. The van der Waals surface area contributed by atoms with E-state index in [2.05, 4.69) is 15.2 Å². The number of carbonyl (C=O) groups is 1. The van der Waals surface area contributed by atoms with Gasteiger partial charge in [-0.2, -0.15) is 5.10 Å². The predicted octanol–water partition coefficient (Wildman–Crippen LogP) is 1.31. The summed E-state index contributed by atoms with van der Waals surface area (Å²) in [6, 6.07) is 0. The van der Waals surface area contributed by atoms with Gasteiger partial charge in [0.05, 0.1) is 22.7 Å². The summed E-state index contributed by atoms with van der Waals surface area (Å²) in [6.45, 7) is 0. The Morgan fingerprint density at radius 2 is 2.33 bits per heavy atom. The fourth-order valence-electron chi connectivity index (χ4n) is 1.46. The second-order valence-electron chi connectivity index (χ2n) is 3.61. The molecular weight excluding hydrogens is 194 g/mol. The van der Waals surface area contributed by atoms with Crippen LogP contribution < -0.4 is 4.74 Å².